The van der Waals surface area contributed by atoms with Gasteiger partial charge < -0.3 is 15.2 Å². The van der Waals surface area contributed by atoms with E-state index in [1.165, 1.54) is 0 Å². The van der Waals surface area contributed by atoms with Crippen molar-refractivity contribution < 1.29 is 14.6 Å². The Morgan fingerprint density at radius 2 is 2.33 bits per heavy atom. The summed E-state index contributed by atoms with van der Waals surface area (Å²) < 4.78 is 4.75. The maximum absolute atomic E-state index is 10.8. The Bertz CT molecular complexity index is 127. The number of carbonyl (C=O) groups excluding carboxylic acids is 1. The minimum atomic E-state index is -0.454. The van der Waals surface area contributed by atoms with Crippen LogP contribution >= 0.6 is 0 Å². The van der Waals surface area contributed by atoms with E-state index in [9.17, 15) is 4.79 Å². The molecule has 0 bridgehead atoms. The first-order valence-corrected chi connectivity index (χ1v) is 4.26. The summed E-state index contributed by atoms with van der Waals surface area (Å²) in [6.07, 6.45) is 1.11. The highest BCUT2D eigenvalue weighted by molar-refractivity contribution is 5.67. The zero-order chi connectivity index (χ0) is 9.40. The molecule has 0 aliphatic heterocycles. The zero-order valence-electron chi connectivity index (χ0n) is 7.67. The number of rotatable bonds is 5. The lowest BCUT2D eigenvalue weighted by atomic mass is 10.3. The van der Waals surface area contributed by atoms with Gasteiger partial charge in [0.05, 0.1) is 6.61 Å². The van der Waals surface area contributed by atoms with Crippen LogP contribution in [0.5, 0.6) is 0 Å². The maximum atomic E-state index is 10.8. The molecular formula is C8H17NO3. The summed E-state index contributed by atoms with van der Waals surface area (Å²) in [6, 6.07) is 0. The highest BCUT2D eigenvalue weighted by Gasteiger charge is 2.05. The molecule has 1 unspecified atom stereocenters. The summed E-state index contributed by atoms with van der Waals surface area (Å²) in [5.74, 6) is 0. The predicted molar refractivity (Wildman–Crippen MR) is 45.9 cm³/mol. The van der Waals surface area contributed by atoms with Gasteiger partial charge in [-0.2, -0.15) is 0 Å². The summed E-state index contributed by atoms with van der Waals surface area (Å²) in [7, 11) is 0. The van der Waals surface area contributed by atoms with Crippen molar-refractivity contribution in [1.29, 1.82) is 0 Å². The van der Waals surface area contributed by atoms with Crippen molar-refractivity contribution in [3.63, 3.8) is 0 Å². The fourth-order valence-electron chi connectivity index (χ4n) is 0.629. The molecule has 1 amide bonds. The van der Waals surface area contributed by atoms with E-state index < -0.39 is 12.2 Å². The zero-order valence-corrected chi connectivity index (χ0v) is 7.67. The highest BCUT2D eigenvalue weighted by atomic mass is 16.6. The number of unbranched alkanes of at least 4 members (excludes halogenated alkanes) is 1. The molecule has 0 saturated carbocycles. The molecule has 12 heavy (non-hydrogen) atoms. The molecule has 4 heteroatoms. The van der Waals surface area contributed by atoms with E-state index in [1.807, 2.05) is 6.92 Å². The summed E-state index contributed by atoms with van der Waals surface area (Å²) in [5, 5.41) is 11.1. The topological polar surface area (TPSA) is 58.6 Å². The summed E-state index contributed by atoms with van der Waals surface area (Å²) in [4.78, 5) is 10.8. The van der Waals surface area contributed by atoms with Crippen LogP contribution in [0, 0.1) is 0 Å². The highest BCUT2D eigenvalue weighted by Crippen LogP contribution is 1.90. The minimum Gasteiger partial charge on any atom is -0.444 e. The molecule has 1 atom stereocenters. The van der Waals surface area contributed by atoms with Gasteiger partial charge in [-0.05, 0) is 13.3 Å². The van der Waals surface area contributed by atoms with Gasteiger partial charge >= 0.3 is 6.09 Å². The average molecular weight is 175 g/mol. The normalized spacial score (nSPS) is 12.2. The number of aliphatic hydroxyl groups is 1. The van der Waals surface area contributed by atoms with Crippen LogP contribution in [-0.4, -0.2) is 30.5 Å². The Balaban J connectivity index is 3.33. The van der Waals surface area contributed by atoms with Crippen molar-refractivity contribution >= 4 is 6.09 Å². The van der Waals surface area contributed by atoms with Gasteiger partial charge in [-0.25, -0.2) is 4.79 Å². The van der Waals surface area contributed by atoms with E-state index in [4.69, 9.17) is 9.84 Å². The van der Waals surface area contributed by atoms with E-state index in [0.29, 0.717) is 6.54 Å². The average Bonchev–Trinajstić information content (AvgIpc) is 2.05. The Morgan fingerprint density at radius 3 is 2.83 bits per heavy atom. The number of aliphatic hydroxyl groups excluding tert-OH is 1. The first-order valence-electron chi connectivity index (χ1n) is 4.26. The predicted octanol–water partition coefficient (Wildman–Crippen LogP) is 0.893. The molecule has 0 aliphatic rings. The second-order valence-corrected chi connectivity index (χ2v) is 2.68. The van der Waals surface area contributed by atoms with Gasteiger partial charge in [0, 0.05) is 6.54 Å². The SMILES string of the molecule is CCCCNC(=O)OC(C)CO. The minimum absolute atomic E-state index is 0.138. The lowest BCUT2D eigenvalue weighted by molar-refractivity contribution is 0.0681. The molecule has 72 valence electrons. The number of nitrogens with one attached hydrogen (secondary N) is 1. The molecule has 0 saturated heterocycles. The van der Waals surface area contributed by atoms with E-state index in [2.05, 4.69) is 5.32 Å². The lowest BCUT2D eigenvalue weighted by Crippen LogP contribution is -2.29. The van der Waals surface area contributed by atoms with Gasteiger partial charge in [-0.15, -0.1) is 0 Å². The first-order chi connectivity index (χ1) is 5.70. The van der Waals surface area contributed by atoms with Crippen LogP contribution in [0.25, 0.3) is 0 Å². The number of ether oxygens (including phenoxy) is 1. The van der Waals surface area contributed by atoms with Crippen molar-refractivity contribution in [2.75, 3.05) is 13.2 Å². The van der Waals surface area contributed by atoms with E-state index in [-0.39, 0.29) is 6.61 Å². The van der Waals surface area contributed by atoms with Crippen molar-refractivity contribution in [1.82, 2.24) is 5.32 Å². The van der Waals surface area contributed by atoms with E-state index in [0.717, 1.165) is 12.8 Å². The Hall–Kier alpha value is -0.770. The molecule has 0 rings (SSSR count). The molecule has 4 nitrogen and oxygen atoms in total. The van der Waals surface area contributed by atoms with Crippen LogP contribution in [0.1, 0.15) is 26.7 Å². The van der Waals surface area contributed by atoms with Crippen molar-refractivity contribution in [2.24, 2.45) is 0 Å². The van der Waals surface area contributed by atoms with Crippen LogP contribution in [-0.2, 0) is 4.74 Å². The second kappa shape index (κ2) is 6.91. The van der Waals surface area contributed by atoms with Crippen LogP contribution in [0.15, 0.2) is 0 Å². The number of alkyl carbamates (subject to hydrolysis) is 1. The quantitative estimate of drug-likeness (QED) is 0.610. The molecule has 0 aromatic carbocycles. The molecule has 0 aromatic rings. The van der Waals surface area contributed by atoms with Gasteiger partial charge in [0.2, 0.25) is 0 Å². The molecule has 0 spiro atoms. The second-order valence-electron chi connectivity index (χ2n) is 2.68. The first kappa shape index (κ1) is 11.2. The largest absolute Gasteiger partial charge is 0.444 e. The molecule has 0 fully saturated rings. The molecular weight excluding hydrogens is 158 g/mol. The fraction of sp³-hybridized carbons (Fsp3) is 0.875. The molecule has 0 aliphatic carbocycles. The molecule has 0 radical (unpaired) electrons. The molecule has 2 N–H and O–H groups in total. The van der Waals surface area contributed by atoms with Crippen molar-refractivity contribution in [2.45, 2.75) is 32.8 Å². The summed E-state index contributed by atoms with van der Waals surface area (Å²) in [5.41, 5.74) is 0. The maximum Gasteiger partial charge on any atom is 0.407 e. The standard InChI is InChI=1S/C8H17NO3/c1-3-4-5-9-8(11)12-7(2)6-10/h7,10H,3-6H2,1-2H3,(H,9,11). The van der Waals surface area contributed by atoms with Gasteiger partial charge in [0.1, 0.15) is 6.10 Å². The third-order valence-corrected chi connectivity index (χ3v) is 1.36. The van der Waals surface area contributed by atoms with Crippen LogP contribution in [0.4, 0.5) is 4.79 Å². The Morgan fingerprint density at radius 1 is 1.67 bits per heavy atom. The van der Waals surface area contributed by atoms with Gasteiger partial charge in [0.25, 0.3) is 0 Å². The smallest absolute Gasteiger partial charge is 0.407 e. The van der Waals surface area contributed by atoms with Crippen LogP contribution < -0.4 is 5.32 Å². The van der Waals surface area contributed by atoms with E-state index in [1.54, 1.807) is 6.92 Å². The van der Waals surface area contributed by atoms with Gasteiger partial charge in [-0.1, -0.05) is 13.3 Å². The molecule has 0 heterocycles. The summed E-state index contributed by atoms with van der Waals surface area (Å²) in [6.45, 7) is 4.18. The van der Waals surface area contributed by atoms with Gasteiger partial charge in [-0.3, -0.25) is 0 Å². The monoisotopic (exact) mass is 175 g/mol. The third-order valence-electron chi connectivity index (χ3n) is 1.36. The number of amides is 1. The van der Waals surface area contributed by atoms with Gasteiger partial charge in [0.15, 0.2) is 0 Å². The van der Waals surface area contributed by atoms with Crippen molar-refractivity contribution in [3.05, 3.63) is 0 Å². The lowest BCUT2D eigenvalue weighted by Gasteiger charge is -2.10. The Kier molecular flexibility index (Phi) is 6.47. The number of carbonyl (C=O) groups is 1. The Labute approximate surface area is 72.9 Å². The van der Waals surface area contributed by atoms with Crippen molar-refractivity contribution in [3.8, 4) is 0 Å². The van der Waals surface area contributed by atoms with Crippen LogP contribution in [0.3, 0.4) is 0 Å². The van der Waals surface area contributed by atoms with E-state index >= 15 is 0 Å². The number of hydrogen-bond acceptors (Lipinski definition) is 3. The summed E-state index contributed by atoms with van der Waals surface area (Å²) >= 11 is 0. The molecule has 0 aromatic heterocycles. The third kappa shape index (κ3) is 5.97. The fourth-order valence-corrected chi connectivity index (χ4v) is 0.629. The number of hydrogen-bond donors (Lipinski definition) is 2. The van der Waals surface area contributed by atoms with Crippen LogP contribution in [0.2, 0.25) is 0 Å².